The van der Waals surface area contributed by atoms with Crippen LogP contribution in [0.2, 0.25) is 0 Å². The summed E-state index contributed by atoms with van der Waals surface area (Å²) in [5.41, 5.74) is 1.83. The van der Waals surface area contributed by atoms with E-state index in [9.17, 15) is 19.2 Å². The summed E-state index contributed by atoms with van der Waals surface area (Å²) in [7, 11) is 8.51. The molecule has 0 saturated heterocycles. The number of nitrogens with zero attached hydrogens (tertiary/aromatic N) is 1. The fourth-order valence-corrected chi connectivity index (χ4v) is 5.65. The number of benzene rings is 2. The number of ether oxygens (including phenoxy) is 2. The number of anilines is 2. The second kappa shape index (κ2) is 11.9. The number of Topliss-reactive ketones (excluding diaryl/α,β-unsaturated/α-hetero) is 2. The molecule has 8 nitrogen and oxygen atoms in total. The summed E-state index contributed by atoms with van der Waals surface area (Å²) in [6, 6.07) is 10.0. The van der Waals surface area contributed by atoms with Crippen molar-refractivity contribution in [3.8, 4) is 11.5 Å². The lowest BCUT2D eigenvalue weighted by Gasteiger charge is -2.12. The lowest BCUT2D eigenvalue weighted by molar-refractivity contribution is -0.114. The Kier molecular flexibility index (Phi) is 9.53. The molecule has 2 aliphatic heterocycles. The smallest absolute Gasteiger partial charge is 0.299 e. The van der Waals surface area contributed by atoms with Gasteiger partial charge in [-0.05, 0) is 24.3 Å². The molecule has 13 heteroatoms. The highest BCUT2D eigenvalue weighted by molar-refractivity contribution is 8.59. The number of rotatable bonds is 2. The summed E-state index contributed by atoms with van der Waals surface area (Å²) >= 11 is 8.89. The van der Waals surface area contributed by atoms with Gasteiger partial charge in [0.1, 0.15) is 11.5 Å². The van der Waals surface area contributed by atoms with Crippen molar-refractivity contribution >= 4 is 83.8 Å². The Hall–Kier alpha value is -2.58. The molecule has 168 valence electrons. The number of hydrogen-bond donors (Lipinski definition) is 1. The molecule has 0 aromatic heterocycles. The van der Waals surface area contributed by atoms with E-state index in [1.807, 2.05) is 0 Å². The van der Waals surface area contributed by atoms with Crippen LogP contribution in [0.15, 0.2) is 36.4 Å². The van der Waals surface area contributed by atoms with Gasteiger partial charge < -0.3 is 19.7 Å². The number of fused-ring (bicyclic) bond motifs is 2. The van der Waals surface area contributed by atoms with Crippen molar-refractivity contribution < 1.29 is 28.7 Å². The number of nitrogens with one attached hydrogen (secondary N) is 1. The molecule has 0 aliphatic carbocycles. The van der Waals surface area contributed by atoms with Gasteiger partial charge in [-0.3, -0.25) is 19.2 Å². The number of carbonyl (C=O) groups is 4. The fourth-order valence-electron chi connectivity index (χ4n) is 2.91. The van der Waals surface area contributed by atoms with Crippen LogP contribution >= 0.6 is 0 Å². The summed E-state index contributed by atoms with van der Waals surface area (Å²) in [6.45, 7) is 0. The van der Waals surface area contributed by atoms with E-state index in [0.29, 0.717) is 34.0 Å². The van der Waals surface area contributed by atoms with Gasteiger partial charge in [0.15, 0.2) is 0 Å². The van der Waals surface area contributed by atoms with Crippen molar-refractivity contribution in [2.45, 2.75) is 0 Å². The third-order valence-electron chi connectivity index (χ3n) is 4.29. The van der Waals surface area contributed by atoms with Crippen molar-refractivity contribution in [1.29, 1.82) is 0 Å². The largest absolute Gasteiger partial charge is 0.495 e. The highest BCUT2D eigenvalue weighted by Crippen LogP contribution is 2.36. The maximum Gasteiger partial charge on any atom is 0.299 e. The molecule has 2 aliphatic rings. The van der Waals surface area contributed by atoms with Gasteiger partial charge in [0.25, 0.3) is 23.4 Å². The van der Waals surface area contributed by atoms with Gasteiger partial charge in [0.05, 0.1) is 36.7 Å². The minimum atomic E-state index is -0.598. The molecule has 2 aromatic rings. The molecule has 0 unspecified atom stereocenters. The first-order valence-electron chi connectivity index (χ1n) is 8.59. The predicted octanol–water partition coefficient (Wildman–Crippen LogP) is 1.67. The van der Waals surface area contributed by atoms with Crippen molar-refractivity contribution in [2.75, 3.05) is 31.5 Å². The second-order valence-corrected chi connectivity index (χ2v) is 11.2. The van der Waals surface area contributed by atoms with Gasteiger partial charge in [-0.25, -0.2) is 0 Å². The number of hydrogen-bond acceptors (Lipinski definition) is 8. The molecular formula is C19H16N2O6S5. The molecule has 0 saturated carbocycles. The number of methoxy groups -OCH3 is 2. The van der Waals surface area contributed by atoms with Crippen LogP contribution in [-0.2, 0) is 58.6 Å². The molecule has 1 N–H and O–H groups in total. The molecule has 4 rings (SSSR count). The van der Waals surface area contributed by atoms with Gasteiger partial charge >= 0.3 is 0 Å². The zero-order valence-corrected chi connectivity index (χ0v) is 21.0. The zero-order chi connectivity index (χ0) is 23.8. The van der Waals surface area contributed by atoms with E-state index in [4.69, 9.17) is 9.47 Å². The Labute approximate surface area is 202 Å². The third-order valence-corrected chi connectivity index (χ3v) is 8.73. The van der Waals surface area contributed by atoms with E-state index in [-0.39, 0.29) is 0 Å². The van der Waals surface area contributed by atoms with E-state index < -0.39 is 23.4 Å². The van der Waals surface area contributed by atoms with Gasteiger partial charge in [0, 0.05) is 56.1 Å². The molecule has 0 spiro atoms. The Bertz CT molecular complexity index is 1220. The van der Waals surface area contributed by atoms with Crippen molar-refractivity contribution in [1.82, 2.24) is 0 Å². The average molecular weight is 529 g/mol. The van der Waals surface area contributed by atoms with E-state index in [0.717, 1.165) is 0 Å². The van der Waals surface area contributed by atoms with E-state index in [2.05, 4.69) is 27.7 Å². The molecule has 2 aromatic carbocycles. The fraction of sp³-hybridized carbons (Fsp3) is 0.158. The Morgan fingerprint density at radius 3 is 1.94 bits per heavy atom. The third kappa shape index (κ3) is 5.42. The maximum absolute atomic E-state index is 11.4. The average Bonchev–Trinajstić information content (AvgIpc) is 3.23. The SMILES string of the molecule is COc1cccc2c1N(C)C(=O)C2=O.COc1cccc2c1NC(=O)C2=O.S=S=S=S=S. The highest BCUT2D eigenvalue weighted by Gasteiger charge is 2.35. The van der Waals surface area contributed by atoms with Crippen LogP contribution in [-0.4, -0.2) is 44.6 Å². The van der Waals surface area contributed by atoms with Gasteiger partial charge in [-0.2, -0.15) is 0 Å². The van der Waals surface area contributed by atoms with Crippen molar-refractivity contribution in [3.05, 3.63) is 47.5 Å². The lowest BCUT2D eigenvalue weighted by Crippen LogP contribution is -2.25. The quantitative estimate of drug-likeness (QED) is 0.588. The summed E-state index contributed by atoms with van der Waals surface area (Å²) < 4.78 is 10.1. The Morgan fingerprint density at radius 1 is 0.844 bits per heavy atom. The topological polar surface area (TPSA) is 102 Å². The molecule has 0 fully saturated rings. The van der Waals surface area contributed by atoms with Crippen molar-refractivity contribution in [3.63, 3.8) is 0 Å². The van der Waals surface area contributed by atoms with Crippen LogP contribution in [0.1, 0.15) is 20.7 Å². The first-order chi connectivity index (χ1) is 15.3. The number of para-hydroxylation sites is 2. The number of likely N-dealkylation sites (N-methyl/N-ethyl adjacent to an activating group) is 1. The van der Waals surface area contributed by atoms with Gasteiger partial charge in [-0.15, -0.1) is 0 Å². The molecule has 32 heavy (non-hydrogen) atoms. The molecule has 2 amide bonds. The van der Waals surface area contributed by atoms with E-state index in [1.165, 1.54) is 45.8 Å². The van der Waals surface area contributed by atoms with Crippen LogP contribution in [0, 0.1) is 0 Å². The van der Waals surface area contributed by atoms with Crippen LogP contribution < -0.4 is 19.7 Å². The molecule has 0 bridgehead atoms. The lowest BCUT2D eigenvalue weighted by atomic mass is 10.1. The number of amides is 2. The van der Waals surface area contributed by atoms with Crippen molar-refractivity contribution in [2.24, 2.45) is 0 Å². The minimum Gasteiger partial charge on any atom is -0.495 e. The predicted molar refractivity (Wildman–Crippen MR) is 134 cm³/mol. The molecule has 0 radical (unpaired) electrons. The van der Waals surface area contributed by atoms with Crippen LogP contribution in [0.4, 0.5) is 11.4 Å². The first kappa shape index (κ1) is 25.7. The van der Waals surface area contributed by atoms with Crippen LogP contribution in [0.3, 0.4) is 0 Å². The molecular weight excluding hydrogens is 513 g/mol. The maximum atomic E-state index is 11.4. The Morgan fingerprint density at radius 2 is 1.41 bits per heavy atom. The van der Waals surface area contributed by atoms with E-state index >= 15 is 0 Å². The number of carbonyl (C=O) groups excluding carboxylic acids is 4. The summed E-state index contributed by atoms with van der Waals surface area (Å²) in [6.07, 6.45) is 0. The summed E-state index contributed by atoms with van der Waals surface area (Å²) in [5.74, 6) is -1.03. The zero-order valence-electron chi connectivity index (χ0n) is 16.9. The van der Waals surface area contributed by atoms with Crippen LogP contribution in [0.5, 0.6) is 11.5 Å². The van der Waals surface area contributed by atoms with Crippen LogP contribution in [0.25, 0.3) is 0 Å². The highest BCUT2D eigenvalue weighted by atomic mass is 33.3. The van der Waals surface area contributed by atoms with E-state index in [1.54, 1.807) is 43.4 Å². The monoisotopic (exact) mass is 528 g/mol. The standard InChI is InChI=1S/C10H9NO3.C9H7NO3.S5/c1-11-8-6(9(12)10(11)13)4-3-5-7(8)14-2;1-13-6-4-2-3-5-7(6)10-9(12)8(5)11;1-3-5-4-2/h3-5H,1-2H3;2-4H,1H3,(H,10,11,12);. The first-order valence-corrected chi connectivity index (χ1v) is 13.9. The van der Waals surface area contributed by atoms with Gasteiger partial charge in [0.2, 0.25) is 0 Å². The summed E-state index contributed by atoms with van der Waals surface area (Å²) in [5, 5.41) is 2.45. The molecule has 0 atom stereocenters. The number of ketones is 2. The molecule has 2 heterocycles. The summed E-state index contributed by atoms with van der Waals surface area (Å²) in [4.78, 5) is 46.3. The van der Waals surface area contributed by atoms with Gasteiger partial charge in [-0.1, -0.05) is 12.1 Å². The second-order valence-electron chi connectivity index (χ2n) is 5.92. The minimum absolute atomic E-state index is 0.379. The Balaban J connectivity index is 0.000000189. The normalized spacial score (nSPS) is 12.9.